The van der Waals surface area contributed by atoms with E-state index in [-0.39, 0.29) is 17.3 Å². The second-order valence-electron chi connectivity index (χ2n) is 4.84. The van der Waals surface area contributed by atoms with E-state index in [0.29, 0.717) is 5.92 Å². The molecule has 0 bridgehead atoms. The first kappa shape index (κ1) is 12.8. The van der Waals surface area contributed by atoms with Crippen molar-refractivity contribution in [1.82, 2.24) is 4.90 Å². The molecule has 0 aromatic heterocycles. The maximum absolute atomic E-state index is 11.2. The Morgan fingerprint density at radius 1 is 1.60 bits per heavy atom. The average molecular weight is 231 g/mol. The first-order valence-electron chi connectivity index (χ1n) is 5.47. The van der Waals surface area contributed by atoms with E-state index in [1.807, 2.05) is 13.8 Å². The van der Waals surface area contributed by atoms with Crippen LogP contribution in [0.2, 0.25) is 0 Å². The lowest BCUT2D eigenvalue weighted by molar-refractivity contribution is -0.160. The summed E-state index contributed by atoms with van der Waals surface area (Å²) in [4.78, 5) is 13.5. The summed E-state index contributed by atoms with van der Waals surface area (Å²) in [5.74, 6) is 0.364. The van der Waals surface area contributed by atoms with Crippen LogP contribution in [0.4, 0.5) is 0 Å². The molecule has 0 amide bonds. The number of piperidine rings is 1. The van der Waals surface area contributed by atoms with Crippen LogP contribution in [-0.4, -0.2) is 42.4 Å². The largest absolute Gasteiger partial charge is 0.459 e. The third-order valence-electron chi connectivity index (χ3n) is 3.11. The Morgan fingerprint density at radius 2 is 2.27 bits per heavy atom. The first-order valence-corrected chi connectivity index (χ1v) is 6.10. The number of nitrogens with zero attached hydrogens (tertiary/aromatic N) is 1. The van der Waals surface area contributed by atoms with Gasteiger partial charge in [0.15, 0.2) is 0 Å². The standard InChI is InChI=1S/C11H21NO2S/c1-11(2,14-10(13)8-15)9-5-4-6-12(3)7-9/h9,15H,4-8H2,1-3H3. The molecule has 88 valence electrons. The highest BCUT2D eigenvalue weighted by Gasteiger charge is 2.35. The maximum atomic E-state index is 11.2. The van der Waals surface area contributed by atoms with Crippen LogP contribution in [0.15, 0.2) is 0 Å². The molecule has 3 nitrogen and oxygen atoms in total. The average Bonchev–Trinajstić information content (AvgIpc) is 2.17. The molecule has 15 heavy (non-hydrogen) atoms. The van der Waals surface area contributed by atoms with Gasteiger partial charge in [-0.05, 0) is 40.3 Å². The van der Waals surface area contributed by atoms with Crippen molar-refractivity contribution in [3.05, 3.63) is 0 Å². The summed E-state index contributed by atoms with van der Waals surface area (Å²) in [6, 6.07) is 0. The van der Waals surface area contributed by atoms with Gasteiger partial charge in [-0.15, -0.1) is 0 Å². The van der Waals surface area contributed by atoms with Crippen molar-refractivity contribution in [3.63, 3.8) is 0 Å². The van der Waals surface area contributed by atoms with Crippen LogP contribution in [0.5, 0.6) is 0 Å². The molecular formula is C11H21NO2S. The Kier molecular flexibility index (Phi) is 4.46. The fraction of sp³-hybridized carbons (Fsp3) is 0.909. The van der Waals surface area contributed by atoms with Gasteiger partial charge in [-0.25, -0.2) is 0 Å². The first-order chi connectivity index (χ1) is 6.95. The Labute approximate surface area is 97.6 Å². The number of rotatable bonds is 3. The molecule has 1 aliphatic heterocycles. The Morgan fingerprint density at radius 3 is 2.80 bits per heavy atom. The number of ether oxygens (including phenoxy) is 1. The smallest absolute Gasteiger partial charge is 0.316 e. The summed E-state index contributed by atoms with van der Waals surface area (Å²) in [5.41, 5.74) is -0.367. The highest BCUT2D eigenvalue weighted by molar-refractivity contribution is 7.81. The molecule has 1 rings (SSSR count). The quantitative estimate of drug-likeness (QED) is 0.591. The molecule has 0 saturated carbocycles. The topological polar surface area (TPSA) is 29.5 Å². The third kappa shape index (κ3) is 3.68. The van der Waals surface area contributed by atoms with Gasteiger partial charge < -0.3 is 9.64 Å². The zero-order valence-electron chi connectivity index (χ0n) is 9.82. The summed E-state index contributed by atoms with van der Waals surface area (Å²) < 4.78 is 5.43. The van der Waals surface area contributed by atoms with Crippen LogP contribution in [0.25, 0.3) is 0 Å². The van der Waals surface area contributed by atoms with E-state index < -0.39 is 0 Å². The van der Waals surface area contributed by atoms with Crippen molar-refractivity contribution >= 4 is 18.6 Å². The van der Waals surface area contributed by atoms with Crippen molar-refractivity contribution in [1.29, 1.82) is 0 Å². The van der Waals surface area contributed by atoms with E-state index in [9.17, 15) is 4.79 Å². The van der Waals surface area contributed by atoms with Crippen molar-refractivity contribution in [3.8, 4) is 0 Å². The summed E-state index contributed by atoms with van der Waals surface area (Å²) in [6.07, 6.45) is 2.32. The van der Waals surface area contributed by atoms with Gasteiger partial charge in [0.2, 0.25) is 0 Å². The molecule has 0 aliphatic carbocycles. The highest BCUT2D eigenvalue weighted by Crippen LogP contribution is 2.29. The molecule has 4 heteroatoms. The number of hydrogen-bond acceptors (Lipinski definition) is 4. The molecule has 1 atom stereocenters. The van der Waals surface area contributed by atoms with Gasteiger partial charge in [0.05, 0.1) is 5.75 Å². The SMILES string of the molecule is CN1CCCC(C(C)(C)OC(=O)CS)C1. The molecule has 1 heterocycles. The molecule has 1 fully saturated rings. The van der Waals surface area contributed by atoms with Crippen molar-refractivity contribution in [2.24, 2.45) is 5.92 Å². The Hall–Kier alpha value is -0.220. The zero-order valence-corrected chi connectivity index (χ0v) is 10.7. The number of hydrogen-bond donors (Lipinski definition) is 1. The second-order valence-corrected chi connectivity index (χ2v) is 5.15. The van der Waals surface area contributed by atoms with E-state index in [1.165, 1.54) is 6.42 Å². The van der Waals surface area contributed by atoms with E-state index in [4.69, 9.17) is 4.74 Å². The van der Waals surface area contributed by atoms with Crippen LogP contribution in [0.3, 0.4) is 0 Å². The Balaban J connectivity index is 2.55. The molecule has 1 aliphatic rings. The van der Waals surface area contributed by atoms with Crippen LogP contribution in [-0.2, 0) is 9.53 Å². The monoisotopic (exact) mass is 231 g/mol. The molecule has 1 unspecified atom stereocenters. The summed E-state index contributed by atoms with van der Waals surface area (Å²) >= 11 is 3.92. The fourth-order valence-electron chi connectivity index (χ4n) is 2.14. The molecule has 0 aromatic rings. The van der Waals surface area contributed by atoms with Crippen LogP contribution in [0, 0.1) is 5.92 Å². The summed E-state index contributed by atoms with van der Waals surface area (Å²) in [5, 5.41) is 0. The normalized spacial score (nSPS) is 23.9. The number of thiol groups is 1. The predicted molar refractivity (Wildman–Crippen MR) is 64.2 cm³/mol. The third-order valence-corrected chi connectivity index (χ3v) is 3.37. The number of carbonyl (C=O) groups excluding carboxylic acids is 1. The number of likely N-dealkylation sites (tertiary alicyclic amines) is 1. The van der Waals surface area contributed by atoms with E-state index in [0.717, 1.165) is 19.5 Å². The van der Waals surface area contributed by atoms with Crippen LogP contribution < -0.4 is 0 Å². The van der Waals surface area contributed by atoms with Gasteiger partial charge in [0.25, 0.3) is 0 Å². The van der Waals surface area contributed by atoms with E-state index in [1.54, 1.807) is 0 Å². The maximum Gasteiger partial charge on any atom is 0.316 e. The second kappa shape index (κ2) is 5.21. The van der Waals surface area contributed by atoms with Crippen LogP contribution in [0.1, 0.15) is 26.7 Å². The van der Waals surface area contributed by atoms with Crippen molar-refractivity contribution in [2.45, 2.75) is 32.3 Å². The van der Waals surface area contributed by atoms with Gasteiger partial charge >= 0.3 is 5.97 Å². The molecule has 1 saturated heterocycles. The molecular weight excluding hydrogens is 210 g/mol. The van der Waals surface area contributed by atoms with E-state index >= 15 is 0 Å². The lowest BCUT2D eigenvalue weighted by Gasteiger charge is -2.39. The fourth-order valence-corrected chi connectivity index (χ4v) is 2.21. The zero-order chi connectivity index (χ0) is 11.5. The lowest BCUT2D eigenvalue weighted by Crippen LogP contribution is -2.45. The molecule has 0 N–H and O–H groups in total. The summed E-state index contributed by atoms with van der Waals surface area (Å²) in [7, 11) is 2.11. The molecule has 0 radical (unpaired) electrons. The minimum absolute atomic E-state index is 0.159. The Bertz CT molecular complexity index is 231. The van der Waals surface area contributed by atoms with Gasteiger partial charge in [0.1, 0.15) is 5.60 Å². The highest BCUT2D eigenvalue weighted by atomic mass is 32.1. The predicted octanol–water partition coefficient (Wildman–Crippen LogP) is 1.58. The number of carbonyl (C=O) groups is 1. The van der Waals surface area contributed by atoms with Crippen molar-refractivity contribution in [2.75, 3.05) is 25.9 Å². The van der Waals surface area contributed by atoms with Gasteiger partial charge in [-0.2, -0.15) is 12.6 Å². The van der Waals surface area contributed by atoms with Gasteiger partial charge in [-0.1, -0.05) is 0 Å². The van der Waals surface area contributed by atoms with Gasteiger partial charge in [0, 0.05) is 12.5 Å². The van der Waals surface area contributed by atoms with Crippen molar-refractivity contribution < 1.29 is 9.53 Å². The minimum atomic E-state index is -0.367. The van der Waals surface area contributed by atoms with Crippen LogP contribution >= 0.6 is 12.6 Å². The summed E-state index contributed by atoms with van der Waals surface area (Å²) in [6.45, 7) is 6.15. The molecule has 0 aromatic carbocycles. The van der Waals surface area contributed by atoms with Gasteiger partial charge in [-0.3, -0.25) is 4.79 Å². The minimum Gasteiger partial charge on any atom is -0.459 e. The number of esters is 1. The lowest BCUT2D eigenvalue weighted by atomic mass is 9.84. The molecule has 0 spiro atoms. The van der Waals surface area contributed by atoms with E-state index in [2.05, 4.69) is 24.6 Å².